The van der Waals surface area contributed by atoms with Crippen LogP contribution in [-0.4, -0.2) is 19.7 Å². The van der Waals surface area contributed by atoms with Crippen molar-refractivity contribution in [3.63, 3.8) is 0 Å². The first-order valence-electron chi connectivity index (χ1n) is 7.92. The van der Waals surface area contributed by atoms with Gasteiger partial charge in [0, 0.05) is 12.6 Å². The Morgan fingerprint density at radius 1 is 1.15 bits per heavy atom. The van der Waals surface area contributed by atoms with Crippen molar-refractivity contribution in [3.8, 4) is 5.75 Å². The predicted molar refractivity (Wildman–Crippen MR) is 85.3 cm³/mol. The second kappa shape index (κ2) is 6.62. The molecule has 1 unspecified atom stereocenters. The smallest absolute Gasteiger partial charge is 0.118 e. The molecule has 0 amide bonds. The Morgan fingerprint density at radius 3 is 2.30 bits per heavy atom. The molecule has 112 valence electrons. The molecule has 0 aliphatic heterocycles. The van der Waals surface area contributed by atoms with Gasteiger partial charge in [0.1, 0.15) is 5.75 Å². The lowest BCUT2D eigenvalue weighted by Crippen LogP contribution is -2.34. The first-order chi connectivity index (χ1) is 9.55. The maximum absolute atomic E-state index is 5.19. The van der Waals surface area contributed by atoms with E-state index in [1.807, 2.05) is 12.1 Å². The van der Waals surface area contributed by atoms with Gasteiger partial charge in [0.25, 0.3) is 0 Å². The van der Waals surface area contributed by atoms with E-state index in [-0.39, 0.29) is 0 Å². The lowest BCUT2D eigenvalue weighted by Gasteiger charge is -2.23. The van der Waals surface area contributed by atoms with Crippen LogP contribution in [0.1, 0.15) is 45.6 Å². The third-order valence-corrected chi connectivity index (χ3v) is 4.94. The van der Waals surface area contributed by atoms with Gasteiger partial charge in [-0.2, -0.15) is 0 Å². The van der Waals surface area contributed by atoms with Crippen molar-refractivity contribution in [2.24, 2.45) is 11.3 Å². The highest BCUT2D eigenvalue weighted by Gasteiger charge is 2.44. The number of aryl methyl sites for hydroxylation is 1. The Balaban J connectivity index is 1.70. The minimum Gasteiger partial charge on any atom is -0.497 e. The number of hydrogen-bond donors (Lipinski definition) is 1. The third kappa shape index (κ3) is 3.99. The Hall–Kier alpha value is -1.02. The van der Waals surface area contributed by atoms with E-state index in [0.29, 0.717) is 11.5 Å². The van der Waals surface area contributed by atoms with Crippen LogP contribution in [0.15, 0.2) is 24.3 Å². The maximum Gasteiger partial charge on any atom is 0.118 e. The minimum atomic E-state index is 0.591. The average molecular weight is 275 g/mol. The molecule has 0 spiro atoms. The monoisotopic (exact) mass is 275 g/mol. The molecule has 1 aliphatic rings. The van der Waals surface area contributed by atoms with Crippen LogP contribution in [-0.2, 0) is 6.42 Å². The molecular weight excluding hydrogens is 246 g/mol. The van der Waals surface area contributed by atoms with Crippen LogP contribution in [0.5, 0.6) is 5.75 Å². The van der Waals surface area contributed by atoms with Crippen LogP contribution in [0.25, 0.3) is 0 Å². The molecule has 2 nitrogen and oxygen atoms in total. The van der Waals surface area contributed by atoms with E-state index in [0.717, 1.165) is 18.1 Å². The summed E-state index contributed by atoms with van der Waals surface area (Å²) in [5.74, 6) is 1.75. The van der Waals surface area contributed by atoms with Gasteiger partial charge in [-0.05, 0) is 61.6 Å². The van der Waals surface area contributed by atoms with E-state index in [1.54, 1.807) is 7.11 Å². The Morgan fingerprint density at radius 2 is 1.80 bits per heavy atom. The number of nitrogens with one attached hydrogen (secondary N) is 1. The summed E-state index contributed by atoms with van der Waals surface area (Å²) in [7, 11) is 1.71. The van der Waals surface area contributed by atoms with Crippen molar-refractivity contribution in [1.29, 1.82) is 0 Å². The molecule has 2 heteroatoms. The van der Waals surface area contributed by atoms with E-state index in [2.05, 4.69) is 38.2 Å². The van der Waals surface area contributed by atoms with Gasteiger partial charge in [0.05, 0.1) is 7.11 Å². The normalized spacial score (nSPS) is 18.1. The van der Waals surface area contributed by atoms with Gasteiger partial charge in [-0.25, -0.2) is 0 Å². The maximum atomic E-state index is 5.19. The van der Waals surface area contributed by atoms with E-state index in [1.165, 1.54) is 31.4 Å². The summed E-state index contributed by atoms with van der Waals surface area (Å²) >= 11 is 0. The highest BCUT2D eigenvalue weighted by Crippen LogP contribution is 2.51. The Labute approximate surface area is 123 Å². The molecule has 0 aromatic heterocycles. The number of methoxy groups -OCH3 is 1. The SMILES string of the molecule is COc1ccc(CCC(C)NCC2(C(C)C)CC2)cc1. The number of rotatable bonds is 8. The van der Waals surface area contributed by atoms with Gasteiger partial charge < -0.3 is 10.1 Å². The average Bonchev–Trinajstić information content (AvgIpc) is 3.25. The highest BCUT2D eigenvalue weighted by molar-refractivity contribution is 5.27. The van der Waals surface area contributed by atoms with E-state index >= 15 is 0 Å². The summed E-state index contributed by atoms with van der Waals surface area (Å²) in [5.41, 5.74) is 2.00. The molecule has 0 bridgehead atoms. The zero-order valence-corrected chi connectivity index (χ0v) is 13.4. The third-order valence-electron chi connectivity index (χ3n) is 4.94. The summed E-state index contributed by atoms with van der Waals surface area (Å²) in [5, 5.41) is 3.73. The molecule has 0 heterocycles. The standard InChI is InChI=1S/C18H29NO/c1-14(2)18(11-12-18)13-19-15(3)5-6-16-7-9-17(20-4)10-8-16/h7-10,14-15,19H,5-6,11-13H2,1-4H3. The summed E-state index contributed by atoms with van der Waals surface area (Å²) in [6.07, 6.45) is 5.14. The first-order valence-corrected chi connectivity index (χ1v) is 7.92. The molecule has 1 saturated carbocycles. The molecular formula is C18H29NO. The first kappa shape index (κ1) is 15.4. The largest absolute Gasteiger partial charge is 0.497 e. The zero-order chi connectivity index (χ0) is 14.6. The number of benzene rings is 1. The lowest BCUT2D eigenvalue weighted by atomic mass is 9.92. The molecule has 1 aliphatic carbocycles. The molecule has 1 fully saturated rings. The van der Waals surface area contributed by atoms with Gasteiger partial charge in [-0.15, -0.1) is 0 Å². The van der Waals surface area contributed by atoms with Crippen LogP contribution in [0, 0.1) is 11.3 Å². The zero-order valence-electron chi connectivity index (χ0n) is 13.4. The fraction of sp³-hybridized carbons (Fsp3) is 0.667. The van der Waals surface area contributed by atoms with Crippen molar-refractivity contribution < 1.29 is 4.74 Å². The number of hydrogen-bond acceptors (Lipinski definition) is 2. The molecule has 0 radical (unpaired) electrons. The molecule has 2 rings (SSSR count). The summed E-state index contributed by atoms with van der Waals surface area (Å²) in [6.45, 7) is 8.21. The van der Waals surface area contributed by atoms with Crippen molar-refractivity contribution in [3.05, 3.63) is 29.8 Å². The van der Waals surface area contributed by atoms with Gasteiger partial charge in [0.2, 0.25) is 0 Å². The Kier molecular flexibility index (Phi) is 5.09. The second-order valence-electron chi connectivity index (χ2n) is 6.69. The molecule has 1 N–H and O–H groups in total. The fourth-order valence-corrected chi connectivity index (χ4v) is 2.77. The van der Waals surface area contributed by atoms with Gasteiger partial charge >= 0.3 is 0 Å². The quantitative estimate of drug-likeness (QED) is 0.773. The van der Waals surface area contributed by atoms with Crippen LogP contribution < -0.4 is 10.1 Å². The lowest BCUT2D eigenvalue weighted by molar-refractivity contribution is 0.320. The van der Waals surface area contributed by atoms with Crippen molar-refractivity contribution in [2.45, 2.75) is 52.5 Å². The Bertz CT molecular complexity index is 406. The summed E-state index contributed by atoms with van der Waals surface area (Å²) < 4.78 is 5.19. The topological polar surface area (TPSA) is 21.3 Å². The van der Waals surface area contributed by atoms with Crippen molar-refractivity contribution >= 4 is 0 Å². The van der Waals surface area contributed by atoms with E-state index in [4.69, 9.17) is 4.74 Å². The van der Waals surface area contributed by atoms with Crippen molar-refractivity contribution in [2.75, 3.05) is 13.7 Å². The van der Waals surface area contributed by atoms with Gasteiger partial charge in [-0.1, -0.05) is 26.0 Å². The van der Waals surface area contributed by atoms with Crippen LogP contribution in [0.2, 0.25) is 0 Å². The second-order valence-corrected chi connectivity index (χ2v) is 6.69. The molecule has 20 heavy (non-hydrogen) atoms. The van der Waals surface area contributed by atoms with Gasteiger partial charge in [0.15, 0.2) is 0 Å². The van der Waals surface area contributed by atoms with Gasteiger partial charge in [-0.3, -0.25) is 0 Å². The molecule has 1 aromatic carbocycles. The minimum absolute atomic E-state index is 0.591. The van der Waals surface area contributed by atoms with E-state index < -0.39 is 0 Å². The molecule has 0 saturated heterocycles. The fourth-order valence-electron chi connectivity index (χ4n) is 2.77. The van der Waals surface area contributed by atoms with Crippen LogP contribution in [0.3, 0.4) is 0 Å². The predicted octanol–water partition coefficient (Wildman–Crippen LogP) is 4.04. The van der Waals surface area contributed by atoms with Crippen LogP contribution in [0.4, 0.5) is 0 Å². The van der Waals surface area contributed by atoms with E-state index in [9.17, 15) is 0 Å². The summed E-state index contributed by atoms with van der Waals surface area (Å²) in [6, 6.07) is 9.02. The molecule has 1 aromatic rings. The highest BCUT2D eigenvalue weighted by atomic mass is 16.5. The van der Waals surface area contributed by atoms with Crippen molar-refractivity contribution in [1.82, 2.24) is 5.32 Å². The summed E-state index contributed by atoms with van der Waals surface area (Å²) in [4.78, 5) is 0. The number of ether oxygens (including phenoxy) is 1. The molecule has 1 atom stereocenters. The van der Waals surface area contributed by atoms with Crippen LogP contribution >= 0.6 is 0 Å².